The molecule has 0 saturated carbocycles. The van der Waals surface area contributed by atoms with Gasteiger partial charge in [-0.1, -0.05) is 6.92 Å². The maximum absolute atomic E-state index is 10.9. The molecule has 1 rings (SSSR count). The molecule has 0 amide bonds. The molecule has 0 aliphatic carbocycles. The Morgan fingerprint density at radius 3 is 3.00 bits per heavy atom. The van der Waals surface area contributed by atoms with Crippen molar-refractivity contribution in [3.05, 3.63) is 0 Å². The molecule has 0 spiro atoms. The quantitative estimate of drug-likeness (QED) is 0.592. The van der Waals surface area contributed by atoms with E-state index in [2.05, 4.69) is 9.98 Å². The van der Waals surface area contributed by atoms with Crippen LogP contribution in [0.1, 0.15) is 19.8 Å². The van der Waals surface area contributed by atoms with Crippen LogP contribution in [0.5, 0.6) is 0 Å². The number of aliphatic imine (C=N–C) groups is 2. The number of carbonyl (C=O) groups excluding carboxylic acids is 1. The Bertz CT molecular complexity index is 206. The summed E-state index contributed by atoms with van der Waals surface area (Å²) in [5.41, 5.74) is 0.836. The molecule has 0 saturated heterocycles. The van der Waals surface area contributed by atoms with Crippen LogP contribution in [0.2, 0.25) is 0 Å². The molecule has 3 nitrogen and oxygen atoms in total. The van der Waals surface area contributed by atoms with E-state index in [1.165, 1.54) is 0 Å². The highest BCUT2D eigenvalue weighted by atomic mass is 16.1. The molecule has 0 aromatic heterocycles. The standard InChI is InChI=1S/C8H12N2O/c1-2-8(11)5-7-6-9-3-4-10-7/h6H,2-5H2,1H3. The summed E-state index contributed by atoms with van der Waals surface area (Å²) in [5.74, 6) is 0.233. The second kappa shape index (κ2) is 4.01. The Morgan fingerprint density at radius 2 is 2.45 bits per heavy atom. The van der Waals surface area contributed by atoms with E-state index in [4.69, 9.17) is 0 Å². The molecule has 0 aromatic rings. The molecule has 60 valence electrons. The second-order valence-corrected chi connectivity index (χ2v) is 2.48. The molecule has 1 aliphatic rings. The number of carbonyl (C=O) groups is 1. The van der Waals surface area contributed by atoms with Gasteiger partial charge in [0.25, 0.3) is 0 Å². The summed E-state index contributed by atoms with van der Waals surface area (Å²) in [7, 11) is 0. The van der Waals surface area contributed by atoms with Crippen molar-refractivity contribution in [3.63, 3.8) is 0 Å². The zero-order valence-electron chi connectivity index (χ0n) is 6.71. The lowest BCUT2D eigenvalue weighted by atomic mass is 10.1. The van der Waals surface area contributed by atoms with Gasteiger partial charge in [0.2, 0.25) is 0 Å². The van der Waals surface area contributed by atoms with E-state index in [1.807, 2.05) is 6.92 Å². The molecule has 0 fully saturated rings. The van der Waals surface area contributed by atoms with Gasteiger partial charge in [0, 0.05) is 19.1 Å². The largest absolute Gasteiger partial charge is 0.299 e. The van der Waals surface area contributed by atoms with Gasteiger partial charge >= 0.3 is 0 Å². The number of hydrogen-bond donors (Lipinski definition) is 0. The Balaban J connectivity index is 2.42. The first-order chi connectivity index (χ1) is 5.33. The van der Waals surface area contributed by atoms with Gasteiger partial charge in [0.05, 0.1) is 18.8 Å². The van der Waals surface area contributed by atoms with Crippen LogP contribution in [0.4, 0.5) is 0 Å². The van der Waals surface area contributed by atoms with E-state index in [1.54, 1.807) is 6.21 Å². The van der Waals surface area contributed by atoms with Gasteiger partial charge in [0.1, 0.15) is 5.78 Å². The summed E-state index contributed by atoms with van der Waals surface area (Å²) in [6.45, 7) is 3.37. The minimum atomic E-state index is 0.233. The minimum absolute atomic E-state index is 0.233. The highest BCUT2D eigenvalue weighted by Gasteiger charge is 2.04. The van der Waals surface area contributed by atoms with Crippen LogP contribution < -0.4 is 0 Å². The van der Waals surface area contributed by atoms with E-state index in [-0.39, 0.29) is 5.78 Å². The highest BCUT2D eigenvalue weighted by Crippen LogP contribution is 1.95. The molecule has 1 aliphatic heterocycles. The van der Waals surface area contributed by atoms with Gasteiger partial charge in [-0.15, -0.1) is 0 Å². The predicted octanol–water partition coefficient (Wildman–Crippen LogP) is 0.881. The van der Waals surface area contributed by atoms with Gasteiger partial charge in [-0.25, -0.2) is 0 Å². The zero-order chi connectivity index (χ0) is 8.10. The smallest absolute Gasteiger partial charge is 0.138 e. The number of hydrogen-bond acceptors (Lipinski definition) is 3. The fourth-order valence-electron chi connectivity index (χ4n) is 0.891. The summed E-state index contributed by atoms with van der Waals surface area (Å²) in [6.07, 6.45) is 2.75. The summed E-state index contributed by atoms with van der Waals surface area (Å²) in [6, 6.07) is 0. The third-order valence-corrected chi connectivity index (χ3v) is 1.56. The van der Waals surface area contributed by atoms with E-state index in [0.717, 1.165) is 18.8 Å². The molecular formula is C8H12N2O. The van der Waals surface area contributed by atoms with Crippen LogP contribution in [-0.2, 0) is 4.79 Å². The molecule has 0 aromatic carbocycles. The van der Waals surface area contributed by atoms with Crippen LogP contribution in [0.15, 0.2) is 9.98 Å². The average molecular weight is 152 g/mol. The van der Waals surface area contributed by atoms with Gasteiger partial charge in [0.15, 0.2) is 0 Å². The first-order valence-corrected chi connectivity index (χ1v) is 3.87. The van der Waals surface area contributed by atoms with E-state index in [0.29, 0.717) is 12.8 Å². The Kier molecular flexibility index (Phi) is 2.95. The molecule has 1 heterocycles. The van der Waals surface area contributed by atoms with Crippen LogP contribution >= 0.6 is 0 Å². The van der Waals surface area contributed by atoms with Crippen molar-refractivity contribution >= 4 is 17.7 Å². The van der Waals surface area contributed by atoms with Crippen molar-refractivity contribution in [1.29, 1.82) is 0 Å². The average Bonchev–Trinajstić information content (AvgIpc) is 2.06. The fraction of sp³-hybridized carbons (Fsp3) is 0.625. The van der Waals surface area contributed by atoms with Crippen LogP contribution in [0.25, 0.3) is 0 Å². The van der Waals surface area contributed by atoms with Crippen molar-refractivity contribution < 1.29 is 4.79 Å². The van der Waals surface area contributed by atoms with Gasteiger partial charge in [-0.2, -0.15) is 0 Å². The maximum atomic E-state index is 10.9. The normalized spacial score (nSPS) is 16.3. The number of ketones is 1. The van der Waals surface area contributed by atoms with E-state index < -0.39 is 0 Å². The highest BCUT2D eigenvalue weighted by molar-refractivity contribution is 6.34. The molecule has 0 N–H and O–H groups in total. The fourth-order valence-corrected chi connectivity index (χ4v) is 0.891. The predicted molar refractivity (Wildman–Crippen MR) is 45.6 cm³/mol. The molecule has 0 radical (unpaired) electrons. The third-order valence-electron chi connectivity index (χ3n) is 1.56. The third kappa shape index (κ3) is 2.62. The van der Waals surface area contributed by atoms with Crippen molar-refractivity contribution in [2.75, 3.05) is 13.1 Å². The lowest BCUT2D eigenvalue weighted by Crippen LogP contribution is -2.13. The Labute approximate surface area is 66.2 Å². The van der Waals surface area contributed by atoms with Crippen molar-refractivity contribution in [2.45, 2.75) is 19.8 Å². The molecular weight excluding hydrogens is 140 g/mol. The van der Waals surface area contributed by atoms with E-state index in [9.17, 15) is 4.79 Å². The number of Topliss-reactive ketones (excluding diaryl/α,β-unsaturated/α-hetero) is 1. The van der Waals surface area contributed by atoms with E-state index >= 15 is 0 Å². The van der Waals surface area contributed by atoms with Gasteiger partial charge < -0.3 is 0 Å². The summed E-state index contributed by atoms with van der Waals surface area (Å²) >= 11 is 0. The SMILES string of the molecule is CCC(=O)CC1=NCCN=C1. The topological polar surface area (TPSA) is 41.8 Å². The first-order valence-electron chi connectivity index (χ1n) is 3.87. The molecule has 0 bridgehead atoms. The van der Waals surface area contributed by atoms with Gasteiger partial charge in [-0.05, 0) is 0 Å². The lowest BCUT2D eigenvalue weighted by Gasteiger charge is -2.02. The molecule has 3 heteroatoms. The Morgan fingerprint density at radius 1 is 1.64 bits per heavy atom. The van der Waals surface area contributed by atoms with Crippen molar-refractivity contribution in [2.24, 2.45) is 9.98 Å². The monoisotopic (exact) mass is 152 g/mol. The summed E-state index contributed by atoms with van der Waals surface area (Å²) < 4.78 is 0. The van der Waals surface area contributed by atoms with Crippen molar-refractivity contribution in [3.8, 4) is 0 Å². The number of rotatable bonds is 3. The molecule has 0 atom stereocenters. The Hall–Kier alpha value is -0.990. The molecule has 11 heavy (non-hydrogen) atoms. The van der Waals surface area contributed by atoms with Crippen LogP contribution in [0, 0.1) is 0 Å². The first kappa shape index (κ1) is 8.11. The lowest BCUT2D eigenvalue weighted by molar-refractivity contribution is -0.117. The van der Waals surface area contributed by atoms with Gasteiger partial charge in [-0.3, -0.25) is 14.8 Å². The van der Waals surface area contributed by atoms with Crippen molar-refractivity contribution in [1.82, 2.24) is 0 Å². The zero-order valence-corrected chi connectivity index (χ0v) is 6.71. The van der Waals surface area contributed by atoms with Crippen LogP contribution in [0.3, 0.4) is 0 Å². The number of nitrogens with zero attached hydrogens (tertiary/aromatic N) is 2. The maximum Gasteiger partial charge on any atom is 0.138 e. The minimum Gasteiger partial charge on any atom is -0.299 e. The second-order valence-electron chi connectivity index (χ2n) is 2.48. The van der Waals surface area contributed by atoms with Crippen LogP contribution in [-0.4, -0.2) is 30.8 Å². The molecule has 0 unspecified atom stereocenters. The summed E-state index contributed by atoms with van der Waals surface area (Å²) in [4.78, 5) is 19.1. The summed E-state index contributed by atoms with van der Waals surface area (Å²) in [5, 5.41) is 0.